The van der Waals surface area contributed by atoms with E-state index in [-0.39, 0.29) is 29.7 Å². The molecule has 220 valence electrons. The standard InChI is InChI=1S/C35H43FO5/c1-6-7-17-40-34(35(2,3)4)31-18-23(11-15-28(31)30-20-26(39-5)14-16-32(30)36)22-41-27-10-8-9-25(19-27)29(21-33(37)38)24-12-13-24/h8-11,14-16,18-20,24,29,34H,6-7,12-13,17,21-22H2,1-5H3,(H,37,38)/t29-,34+/m0/s1. The van der Waals surface area contributed by atoms with E-state index in [0.717, 1.165) is 47.9 Å². The minimum absolute atomic E-state index is 0.00695. The van der Waals surface area contributed by atoms with Crippen molar-refractivity contribution in [3.63, 3.8) is 0 Å². The Kier molecular flexibility index (Phi) is 10.1. The smallest absolute Gasteiger partial charge is 0.303 e. The third kappa shape index (κ3) is 8.10. The Hall–Kier alpha value is -3.38. The van der Waals surface area contributed by atoms with Gasteiger partial charge in [-0.05, 0) is 95.2 Å². The van der Waals surface area contributed by atoms with Crippen LogP contribution in [0.3, 0.4) is 0 Å². The molecule has 0 unspecified atom stereocenters. The van der Waals surface area contributed by atoms with Crippen LogP contribution in [0.15, 0.2) is 60.7 Å². The second kappa shape index (κ2) is 13.5. The molecule has 0 aromatic heterocycles. The lowest BCUT2D eigenvalue weighted by Crippen LogP contribution is -2.23. The fourth-order valence-corrected chi connectivity index (χ4v) is 5.40. The van der Waals surface area contributed by atoms with Crippen LogP contribution in [-0.4, -0.2) is 24.8 Å². The number of carboxylic acid groups (broad SMARTS) is 1. The number of ether oxygens (including phenoxy) is 3. The first-order valence-corrected chi connectivity index (χ1v) is 14.6. The molecule has 0 spiro atoms. The zero-order valence-electron chi connectivity index (χ0n) is 24.9. The van der Waals surface area contributed by atoms with Crippen LogP contribution in [0.25, 0.3) is 11.1 Å². The van der Waals surface area contributed by atoms with E-state index in [1.54, 1.807) is 19.2 Å². The highest BCUT2D eigenvalue weighted by molar-refractivity contribution is 5.71. The summed E-state index contributed by atoms with van der Waals surface area (Å²) in [5.41, 5.74) is 3.85. The van der Waals surface area contributed by atoms with Crippen molar-refractivity contribution < 1.29 is 28.5 Å². The summed E-state index contributed by atoms with van der Waals surface area (Å²) in [6.45, 7) is 9.47. The fourth-order valence-electron chi connectivity index (χ4n) is 5.40. The Bertz CT molecular complexity index is 1320. The van der Waals surface area contributed by atoms with E-state index in [4.69, 9.17) is 14.2 Å². The number of methoxy groups -OCH3 is 1. The zero-order valence-corrected chi connectivity index (χ0v) is 24.9. The number of unbranched alkanes of at least 4 members (excludes halogenated alkanes) is 1. The van der Waals surface area contributed by atoms with E-state index in [2.05, 4.69) is 33.8 Å². The molecule has 1 aliphatic carbocycles. The van der Waals surface area contributed by atoms with E-state index in [1.807, 2.05) is 36.4 Å². The van der Waals surface area contributed by atoms with Gasteiger partial charge in [0.2, 0.25) is 0 Å². The molecule has 6 heteroatoms. The fraction of sp³-hybridized carbons (Fsp3) is 0.457. The molecule has 41 heavy (non-hydrogen) atoms. The van der Waals surface area contributed by atoms with Crippen LogP contribution in [0.1, 0.15) is 88.5 Å². The minimum Gasteiger partial charge on any atom is -0.497 e. The molecule has 0 aliphatic heterocycles. The van der Waals surface area contributed by atoms with Gasteiger partial charge >= 0.3 is 5.97 Å². The molecule has 0 heterocycles. The molecule has 0 bridgehead atoms. The largest absolute Gasteiger partial charge is 0.497 e. The summed E-state index contributed by atoms with van der Waals surface area (Å²) >= 11 is 0. The van der Waals surface area contributed by atoms with Crippen LogP contribution >= 0.6 is 0 Å². The summed E-state index contributed by atoms with van der Waals surface area (Å²) in [5.74, 6) is 0.632. The summed E-state index contributed by atoms with van der Waals surface area (Å²) in [6.07, 6.45) is 3.97. The number of rotatable bonds is 14. The molecule has 4 rings (SSSR count). The topological polar surface area (TPSA) is 65.0 Å². The molecule has 0 saturated heterocycles. The Labute approximate surface area is 243 Å². The number of carboxylic acids is 1. The molecule has 1 aliphatic rings. The van der Waals surface area contributed by atoms with Crippen molar-refractivity contribution in [1.82, 2.24) is 0 Å². The van der Waals surface area contributed by atoms with Gasteiger partial charge in [-0.25, -0.2) is 4.39 Å². The maximum atomic E-state index is 15.2. The minimum atomic E-state index is -0.775. The van der Waals surface area contributed by atoms with Crippen LogP contribution in [0.4, 0.5) is 4.39 Å². The van der Waals surface area contributed by atoms with E-state index in [0.29, 0.717) is 36.2 Å². The van der Waals surface area contributed by atoms with Crippen LogP contribution in [0.2, 0.25) is 0 Å². The van der Waals surface area contributed by atoms with Gasteiger partial charge in [-0.3, -0.25) is 4.79 Å². The highest BCUT2D eigenvalue weighted by Crippen LogP contribution is 2.45. The van der Waals surface area contributed by atoms with Crippen molar-refractivity contribution in [2.75, 3.05) is 13.7 Å². The summed E-state index contributed by atoms with van der Waals surface area (Å²) in [5, 5.41) is 9.42. The molecular weight excluding hydrogens is 519 g/mol. The predicted octanol–water partition coefficient (Wildman–Crippen LogP) is 8.95. The van der Waals surface area contributed by atoms with Crippen molar-refractivity contribution in [2.45, 2.75) is 78.4 Å². The zero-order chi connectivity index (χ0) is 29.6. The lowest BCUT2D eigenvalue weighted by molar-refractivity contribution is -0.137. The van der Waals surface area contributed by atoms with Crippen molar-refractivity contribution in [2.24, 2.45) is 11.3 Å². The van der Waals surface area contributed by atoms with Crippen molar-refractivity contribution in [1.29, 1.82) is 0 Å². The van der Waals surface area contributed by atoms with Gasteiger partial charge in [0, 0.05) is 12.2 Å². The molecule has 3 aromatic carbocycles. The summed E-state index contributed by atoms with van der Waals surface area (Å²) in [6, 6.07) is 18.6. The maximum absolute atomic E-state index is 15.2. The highest BCUT2D eigenvalue weighted by Gasteiger charge is 2.34. The second-order valence-corrected chi connectivity index (χ2v) is 12.1. The normalized spacial score (nSPS) is 14.9. The van der Waals surface area contributed by atoms with Crippen molar-refractivity contribution in [3.05, 3.63) is 83.2 Å². The maximum Gasteiger partial charge on any atom is 0.303 e. The predicted molar refractivity (Wildman–Crippen MR) is 160 cm³/mol. The Morgan fingerprint density at radius 1 is 1.02 bits per heavy atom. The summed E-state index contributed by atoms with van der Waals surface area (Å²) in [4.78, 5) is 11.5. The summed E-state index contributed by atoms with van der Waals surface area (Å²) in [7, 11) is 1.58. The number of benzene rings is 3. The third-order valence-corrected chi connectivity index (χ3v) is 7.71. The van der Waals surface area contributed by atoms with E-state index in [9.17, 15) is 9.90 Å². The van der Waals surface area contributed by atoms with Crippen LogP contribution in [-0.2, 0) is 16.1 Å². The third-order valence-electron chi connectivity index (χ3n) is 7.71. The van der Waals surface area contributed by atoms with Gasteiger partial charge in [-0.15, -0.1) is 0 Å². The van der Waals surface area contributed by atoms with Crippen LogP contribution in [0.5, 0.6) is 11.5 Å². The van der Waals surface area contributed by atoms with E-state index in [1.165, 1.54) is 6.07 Å². The van der Waals surface area contributed by atoms with E-state index >= 15 is 4.39 Å². The van der Waals surface area contributed by atoms with Crippen molar-refractivity contribution >= 4 is 5.97 Å². The lowest BCUT2D eigenvalue weighted by atomic mass is 9.81. The van der Waals surface area contributed by atoms with Gasteiger partial charge in [0.1, 0.15) is 23.9 Å². The average molecular weight is 563 g/mol. The molecule has 1 fully saturated rings. The first-order chi connectivity index (χ1) is 19.6. The Morgan fingerprint density at radius 2 is 1.80 bits per heavy atom. The van der Waals surface area contributed by atoms with Gasteiger partial charge in [0.15, 0.2) is 0 Å². The average Bonchev–Trinajstić information content (AvgIpc) is 3.78. The van der Waals surface area contributed by atoms with Gasteiger partial charge in [-0.2, -0.15) is 0 Å². The Morgan fingerprint density at radius 3 is 2.46 bits per heavy atom. The molecular formula is C35H43FO5. The van der Waals surface area contributed by atoms with Crippen molar-refractivity contribution in [3.8, 4) is 22.6 Å². The highest BCUT2D eigenvalue weighted by atomic mass is 19.1. The van der Waals surface area contributed by atoms with E-state index < -0.39 is 5.97 Å². The van der Waals surface area contributed by atoms with Gasteiger partial charge in [-0.1, -0.05) is 58.4 Å². The number of aliphatic carboxylic acids is 1. The van der Waals surface area contributed by atoms with Gasteiger partial charge in [0.05, 0.1) is 19.6 Å². The number of hydrogen-bond donors (Lipinski definition) is 1. The van der Waals surface area contributed by atoms with Crippen LogP contribution < -0.4 is 9.47 Å². The summed E-state index contributed by atoms with van der Waals surface area (Å²) < 4.78 is 33.3. The van der Waals surface area contributed by atoms with Gasteiger partial charge < -0.3 is 19.3 Å². The first-order valence-electron chi connectivity index (χ1n) is 14.6. The number of carbonyl (C=O) groups is 1. The quantitative estimate of drug-likeness (QED) is 0.199. The molecule has 0 radical (unpaired) electrons. The monoisotopic (exact) mass is 562 g/mol. The number of hydrogen-bond acceptors (Lipinski definition) is 4. The number of halogens is 1. The molecule has 5 nitrogen and oxygen atoms in total. The second-order valence-electron chi connectivity index (χ2n) is 12.1. The molecule has 3 aromatic rings. The SMILES string of the molecule is CCCCO[C@H](c1cc(COc2cccc([C@@H](CC(=O)O)C3CC3)c2)ccc1-c1cc(OC)ccc1F)C(C)(C)C. The first kappa shape index (κ1) is 30.6. The molecule has 1 saturated carbocycles. The Balaban J connectivity index is 1.66. The van der Waals surface area contributed by atoms with Gasteiger partial charge in [0.25, 0.3) is 0 Å². The van der Waals surface area contributed by atoms with Crippen LogP contribution in [0, 0.1) is 17.2 Å². The molecule has 2 atom stereocenters. The lowest BCUT2D eigenvalue weighted by Gasteiger charge is -2.33. The molecule has 1 N–H and O–H groups in total. The molecule has 0 amide bonds.